The van der Waals surface area contributed by atoms with Crippen LogP contribution < -0.4 is 0 Å². The monoisotopic (exact) mass is 226 g/mol. The van der Waals surface area contributed by atoms with Gasteiger partial charge in [-0.1, -0.05) is 0 Å². The van der Waals surface area contributed by atoms with Crippen molar-refractivity contribution in [2.24, 2.45) is 0 Å². The lowest BCUT2D eigenvalue weighted by Gasteiger charge is -2.11. The molecule has 0 aliphatic rings. The molecule has 80 valence electrons. The highest BCUT2D eigenvalue weighted by molar-refractivity contribution is 7.87. The van der Waals surface area contributed by atoms with Crippen LogP contribution in [-0.2, 0) is 10.2 Å². The average molecular weight is 226 g/mol. The first-order chi connectivity index (χ1) is 7.03. The number of hydrogen-bond donors (Lipinski definition) is 0. The maximum absolute atomic E-state index is 11.8. The van der Waals surface area contributed by atoms with Crippen LogP contribution in [0.3, 0.4) is 0 Å². The Hall–Kier alpha value is -1.47. The van der Waals surface area contributed by atoms with E-state index in [2.05, 4.69) is 9.97 Å². The minimum absolute atomic E-state index is 0.339. The first-order valence-electron chi connectivity index (χ1n) is 4.24. The number of rotatable bonds is 2. The fraction of sp³-hybridized carbons (Fsp3) is 0.250. The molecule has 6 nitrogen and oxygen atoms in total. The van der Waals surface area contributed by atoms with Crippen LogP contribution in [0.2, 0.25) is 0 Å². The summed E-state index contributed by atoms with van der Waals surface area (Å²) in [5.74, 6) is 0. The van der Waals surface area contributed by atoms with Crippen molar-refractivity contribution < 1.29 is 8.42 Å². The van der Waals surface area contributed by atoms with E-state index >= 15 is 0 Å². The van der Waals surface area contributed by atoms with Gasteiger partial charge in [-0.25, -0.2) is 9.97 Å². The summed E-state index contributed by atoms with van der Waals surface area (Å²) in [6.45, 7) is 0. The fourth-order valence-electron chi connectivity index (χ4n) is 1.17. The maximum Gasteiger partial charge on any atom is 0.310 e. The van der Waals surface area contributed by atoms with Gasteiger partial charge in [0.2, 0.25) is 0 Å². The molecule has 0 fully saturated rings. The highest BCUT2D eigenvalue weighted by Crippen LogP contribution is 2.12. The molecule has 0 aromatic carbocycles. The fourth-order valence-corrected chi connectivity index (χ4v) is 2.05. The predicted molar refractivity (Wildman–Crippen MR) is 55.5 cm³/mol. The van der Waals surface area contributed by atoms with Crippen LogP contribution in [0, 0.1) is 0 Å². The zero-order valence-electron chi connectivity index (χ0n) is 8.32. The number of nitrogens with zero attached hydrogens (tertiary/aromatic N) is 4. The van der Waals surface area contributed by atoms with Crippen LogP contribution in [-0.4, -0.2) is 40.8 Å². The van der Waals surface area contributed by atoms with Gasteiger partial charge in [-0.2, -0.15) is 16.7 Å². The summed E-state index contributed by atoms with van der Waals surface area (Å²) in [6.07, 6.45) is 2.79. The van der Waals surface area contributed by atoms with Crippen LogP contribution in [0.25, 0.3) is 11.2 Å². The van der Waals surface area contributed by atoms with Crippen molar-refractivity contribution in [3.8, 4) is 0 Å². The van der Waals surface area contributed by atoms with Gasteiger partial charge in [0, 0.05) is 20.3 Å². The van der Waals surface area contributed by atoms with E-state index in [-0.39, 0.29) is 0 Å². The topological polar surface area (TPSA) is 68.1 Å². The molecule has 2 aromatic heterocycles. The minimum Gasteiger partial charge on any atom is -0.236 e. The van der Waals surface area contributed by atoms with Gasteiger partial charge < -0.3 is 0 Å². The Morgan fingerprint density at radius 3 is 2.73 bits per heavy atom. The smallest absolute Gasteiger partial charge is 0.236 e. The summed E-state index contributed by atoms with van der Waals surface area (Å²) in [7, 11) is -0.610. The molecule has 0 N–H and O–H groups in total. The van der Waals surface area contributed by atoms with Gasteiger partial charge in [0.15, 0.2) is 5.65 Å². The highest BCUT2D eigenvalue weighted by Gasteiger charge is 2.19. The van der Waals surface area contributed by atoms with Crippen molar-refractivity contribution in [3.05, 3.63) is 24.7 Å². The van der Waals surface area contributed by atoms with Gasteiger partial charge in [0.1, 0.15) is 11.8 Å². The van der Waals surface area contributed by atoms with Crippen molar-refractivity contribution >= 4 is 21.4 Å². The van der Waals surface area contributed by atoms with Crippen molar-refractivity contribution in [1.29, 1.82) is 0 Å². The second-order valence-electron chi connectivity index (χ2n) is 3.18. The van der Waals surface area contributed by atoms with Crippen LogP contribution in [0.15, 0.2) is 24.7 Å². The Labute approximate surface area is 87.4 Å². The Morgan fingerprint density at radius 2 is 2.07 bits per heavy atom. The molecular formula is C8H10N4O2S. The number of pyridine rings is 1. The quantitative estimate of drug-likeness (QED) is 0.727. The molecule has 2 aromatic rings. The minimum atomic E-state index is -3.54. The summed E-state index contributed by atoms with van der Waals surface area (Å²) in [4.78, 5) is 7.95. The summed E-state index contributed by atoms with van der Waals surface area (Å²) >= 11 is 0. The molecule has 0 aliphatic carbocycles. The van der Waals surface area contributed by atoms with E-state index in [1.54, 1.807) is 12.1 Å². The second-order valence-corrected chi connectivity index (χ2v) is 5.20. The molecule has 0 bridgehead atoms. The molecule has 0 atom stereocenters. The van der Waals surface area contributed by atoms with Gasteiger partial charge in [-0.3, -0.25) is 0 Å². The largest absolute Gasteiger partial charge is 0.310 e. The molecule has 0 radical (unpaired) electrons. The molecular weight excluding hydrogens is 216 g/mol. The molecule has 0 saturated carbocycles. The molecule has 15 heavy (non-hydrogen) atoms. The van der Waals surface area contributed by atoms with E-state index in [9.17, 15) is 8.42 Å². The zero-order chi connectivity index (χ0) is 11.1. The Balaban J connectivity index is 2.74. The van der Waals surface area contributed by atoms with Crippen LogP contribution >= 0.6 is 0 Å². The van der Waals surface area contributed by atoms with E-state index in [0.717, 1.165) is 8.28 Å². The summed E-state index contributed by atoms with van der Waals surface area (Å²) in [6, 6.07) is 3.42. The van der Waals surface area contributed by atoms with Crippen LogP contribution in [0.5, 0.6) is 0 Å². The molecule has 2 heterocycles. The van der Waals surface area contributed by atoms with Gasteiger partial charge >= 0.3 is 10.2 Å². The lowest BCUT2D eigenvalue weighted by molar-refractivity contribution is 0.512. The predicted octanol–water partition coefficient (Wildman–Crippen LogP) is 0.0858. The highest BCUT2D eigenvalue weighted by atomic mass is 32.2. The average Bonchev–Trinajstić information content (AvgIpc) is 2.61. The third-order valence-electron chi connectivity index (χ3n) is 1.99. The third-order valence-corrected chi connectivity index (χ3v) is 3.67. The SMILES string of the molecule is CN(C)S(=O)(=O)n1cnc2cccnc21. The maximum atomic E-state index is 11.8. The summed E-state index contributed by atoms with van der Waals surface area (Å²) in [5.41, 5.74) is 0.897. The van der Waals surface area contributed by atoms with E-state index < -0.39 is 10.2 Å². The number of hydrogen-bond acceptors (Lipinski definition) is 4. The van der Waals surface area contributed by atoms with Crippen molar-refractivity contribution in [1.82, 2.24) is 18.2 Å². The number of imidazole rings is 1. The standard InChI is InChI=1S/C8H10N4O2S/c1-11(2)15(13,14)12-6-10-7-4-3-5-9-8(7)12/h3-6H,1-2H3. The van der Waals surface area contributed by atoms with E-state index in [4.69, 9.17) is 0 Å². The molecule has 0 saturated heterocycles. The Kier molecular flexibility index (Phi) is 2.20. The first-order valence-corrected chi connectivity index (χ1v) is 5.64. The second kappa shape index (κ2) is 3.28. The summed E-state index contributed by atoms with van der Waals surface area (Å²) in [5, 5.41) is 0. The van der Waals surface area contributed by atoms with Crippen molar-refractivity contribution in [3.63, 3.8) is 0 Å². The summed E-state index contributed by atoms with van der Waals surface area (Å²) < 4.78 is 25.8. The van der Waals surface area contributed by atoms with Gasteiger partial charge in [-0.15, -0.1) is 0 Å². The van der Waals surface area contributed by atoms with Crippen molar-refractivity contribution in [2.45, 2.75) is 0 Å². The molecule has 2 rings (SSSR count). The van der Waals surface area contributed by atoms with Gasteiger partial charge in [-0.05, 0) is 12.1 Å². The molecule has 0 amide bonds. The lowest BCUT2D eigenvalue weighted by Crippen LogP contribution is -2.28. The van der Waals surface area contributed by atoms with Gasteiger partial charge in [0.05, 0.1) is 0 Å². The number of fused-ring (bicyclic) bond motifs is 1. The van der Waals surface area contributed by atoms with Crippen LogP contribution in [0.4, 0.5) is 0 Å². The van der Waals surface area contributed by atoms with Gasteiger partial charge in [0.25, 0.3) is 0 Å². The van der Waals surface area contributed by atoms with E-state index in [1.165, 1.54) is 26.6 Å². The third kappa shape index (κ3) is 1.49. The van der Waals surface area contributed by atoms with E-state index in [1.807, 2.05) is 0 Å². The molecule has 0 aliphatic heterocycles. The molecule has 7 heteroatoms. The Morgan fingerprint density at radius 1 is 1.33 bits per heavy atom. The number of aromatic nitrogens is 3. The lowest BCUT2D eigenvalue weighted by atomic mass is 10.4. The van der Waals surface area contributed by atoms with E-state index in [0.29, 0.717) is 11.2 Å². The zero-order valence-corrected chi connectivity index (χ0v) is 9.14. The molecule has 0 unspecified atom stereocenters. The van der Waals surface area contributed by atoms with Crippen LogP contribution in [0.1, 0.15) is 0 Å². The van der Waals surface area contributed by atoms with Crippen molar-refractivity contribution in [2.75, 3.05) is 14.1 Å². The molecule has 0 spiro atoms. The Bertz CT molecular complexity index is 587. The first kappa shape index (κ1) is 10.1. The normalized spacial score (nSPS) is 12.5.